The first-order valence-corrected chi connectivity index (χ1v) is 4.66. The van der Waals surface area contributed by atoms with E-state index in [9.17, 15) is 4.79 Å². The Morgan fingerprint density at radius 3 is 2.00 bits per heavy atom. The molecule has 0 aliphatic carbocycles. The lowest BCUT2D eigenvalue weighted by atomic mass is 10.0. The maximum absolute atomic E-state index is 10.9. The SMILES string of the molecule is C=C(C(=O)O)c1c(OC)cc(C)cc1OC. The Balaban J connectivity index is 3.44. The molecule has 1 aromatic rings. The molecule has 0 saturated heterocycles. The molecule has 0 unspecified atom stereocenters. The average molecular weight is 222 g/mol. The number of hydrogen-bond donors (Lipinski definition) is 1. The Bertz CT molecular complexity index is 410. The summed E-state index contributed by atoms with van der Waals surface area (Å²) in [6, 6.07) is 3.48. The predicted octanol–water partition coefficient (Wildman–Crippen LogP) is 2.11. The van der Waals surface area contributed by atoms with E-state index in [0.717, 1.165) is 5.56 Å². The van der Waals surface area contributed by atoms with Crippen molar-refractivity contribution in [2.75, 3.05) is 14.2 Å². The van der Waals surface area contributed by atoms with Gasteiger partial charge in [-0.3, -0.25) is 0 Å². The molecule has 1 aromatic carbocycles. The van der Waals surface area contributed by atoms with Gasteiger partial charge >= 0.3 is 5.97 Å². The molecule has 0 aliphatic rings. The van der Waals surface area contributed by atoms with Crippen molar-refractivity contribution in [3.8, 4) is 11.5 Å². The molecule has 0 radical (unpaired) electrons. The molecular formula is C12H14O4. The molecule has 0 amide bonds. The van der Waals surface area contributed by atoms with Crippen LogP contribution in [-0.2, 0) is 4.79 Å². The van der Waals surface area contributed by atoms with Crippen molar-refractivity contribution in [1.29, 1.82) is 0 Å². The van der Waals surface area contributed by atoms with Crippen LogP contribution in [-0.4, -0.2) is 25.3 Å². The van der Waals surface area contributed by atoms with E-state index in [1.165, 1.54) is 14.2 Å². The summed E-state index contributed by atoms with van der Waals surface area (Å²) in [6.45, 7) is 5.39. The lowest BCUT2D eigenvalue weighted by Crippen LogP contribution is -2.03. The number of benzene rings is 1. The third-order valence-electron chi connectivity index (χ3n) is 2.21. The monoisotopic (exact) mass is 222 g/mol. The van der Waals surface area contributed by atoms with Gasteiger partial charge in [0.15, 0.2) is 0 Å². The first-order chi connectivity index (χ1) is 7.51. The van der Waals surface area contributed by atoms with E-state index in [4.69, 9.17) is 14.6 Å². The van der Waals surface area contributed by atoms with Crippen molar-refractivity contribution in [1.82, 2.24) is 0 Å². The van der Waals surface area contributed by atoms with Gasteiger partial charge in [0.05, 0.1) is 25.4 Å². The van der Waals surface area contributed by atoms with E-state index in [2.05, 4.69) is 6.58 Å². The van der Waals surface area contributed by atoms with E-state index in [0.29, 0.717) is 17.1 Å². The van der Waals surface area contributed by atoms with Crippen LogP contribution in [0.3, 0.4) is 0 Å². The van der Waals surface area contributed by atoms with Gasteiger partial charge in [-0.15, -0.1) is 0 Å². The maximum Gasteiger partial charge on any atom is 0.335 e. The van der Waals surface area contributed by atoms with Crippen LogP contribution in [0.1, 0.15) is 11.1 Å². The summed E-state index contributed by atoms with van der Waals surface area (Å²) < 4.78 is 10.3. The number of hydrogen-bond acceptors (Lipinski definition) is 3. The number of aryl methyl sites for hydroxylation is 1. The van der Waals surface area contributed by atoms with Crippen LogP contribution in [0.25, 0.3) is 5.57 Å². The number of rotatable bonds is 4. The van der Waals surface area contributed by atoms with Gasteiger partial charge < -0.3 is 14.6 Å². The molecule has 0 fully saturated rings. The van der Waals surface area contributed by atoms with Crippen LogP contribution in [0.2, 0.25) is 0 Å². The summed E-state index contributed by atoms with van der Waals surface area (Å²) in [7, 11) is 2.96. The molecule has 16 heavy (non-hydrogen) atoms. The number of ether oxygens (including phenoxy) is 2. The number of methoxy groups -OCH3 is 2. The highest BCUT2D eigenvalue weighted by molar-refractivity contribution is 6.16. The molecule has 1 N–H and O–H groups in total. The van der Waals surface area contributed by atoms with Crippen LogP contribution in [0.5, 0.6) is 11.5 Å². The van der Waals surface area contributed by atoms with E-state index in [1.807, 2.05) is 6.92 Å². The number of carboxylic acid groups (broad SMARTS) is 1. The van der Waals surface area contributed by atoms with Crippen LogP contribution in [0, 0.1) is 6.92 Å². The molecule has 4 heteroatoms. The number of aliphatic carboxylic acids is 1. The summed E-state index contributed by atoms with van der Waals surface area (Å²) in [5, 5.41) is 8.93. The zero-order valence-electron chi connectivity index (χ0n) is 9.53. The van der Waals surface area contributed by atoms with Crippen LogP contribution >= 0.6 is 0 Å². The maximum atomic E-state index is 10.9. The van der Waals surface area contributed by atoms with Crippen molar-refractivity contribution in [2.24, 2.45) is 0 Å². The highest BCUT2D eigenvalue weighted by Crippen LogP contribution is 2.35. The zero-order valence-corrected chi connectivity index (χ0v) is 9.53. The minimum Gasteiger partial charge on any atom is -0.496 e. The standard InChI is InChI=1S/C12H14O4/c1-7-5-9(15-3)11(8(2)12(13)14)10(6-7)16-4/h5-6H,2H2,1,3-4H3,(H,13,14). The predicted molar refractivity (Wildman–Crippen MR) is 61.0 cm³/mol. The Hall–Kier alpha value is -1.97. The van der Waals surface area contributed by atoms with Gasteiger partial charge in [-0.25, -0.2) is 4.79 Å². The Morgan fingerprint density at radius 2 is 1.69 bits per heavy atom. The molecule has 0 spiro atoms. The van der Waals surface area contributed by atoms with Crippen LogP contribution in [0.15, 0.2) is 18.7 Å². The molecular weight excluding hydrogens is 208 g/mol. The number of carboxylic acids is 1. The zero-order chi connectivity index (χ0) is 12.3. The van der Waals surface area contributed by atoms with Crippen molar-refractivity contribution in [3.63, 3.8) is 0 Å². The van der Waals surface area contributed by atoms with E-state index in [1.54, 1.807) is 12.1 Å². The van der Waals surface area contributed by atoms with Gasteiger partial charge in [0.2, 0.25) is 0 Å². The second-order valence-corrected chi connectivity index (χ2v) is 3.33. The van der Waals surface area contributed by atoms with Crippen molar-refractivity contribution >= 4 is 11.5 Å². The van der Waals surface area contributed by atoms with Crippen molar-refractivity contribution in [3.05, 3.63) is 29.8 Å². The van der Waals surface area contributed by atoms with Gasteiger partial charge in [0.25, 0.3) is 0 Å². The minimum absolute atomic E-state index is 0.0475. The summed E-state index contributed by atoms with van der Waals surface area (Å²) >= 11 is 0. The lowest BCUT2D eigenvalue weighted by molar-refractivity contribution is -0.130. The van der Waals surface area contributed by atoms with E-state index in [-0.39, 0.29) is 5.57 Å². The molecule has 0 saturated carbocycles. The summed E-state index contributed by atoms with van der Waals surface area (Å²) in [5.41, 5.74) is 1.26. The summed E-state index contributed by atoms with van der Waals surface area (Å²) in [5.74, 6) is -0.200. The Labute approximate surface area is 94.1 Å². The smallest absolute Gasteiger partial charge is 0.335 e. The Kier molecular flexibility index (Phi) is 3.55. The molecule has 0 heterocycles. The molecule has 0 atom stereocenters. The molecule has 0 bridgehead atoms. The molecule has 0 aliphatic heterocycles. The van der Waals surface area contributed by atoms with Gasteiger partial charge in [-0.05, 0) is 24.6 Å². The molecule has 0 aromatic heterocycles. The second-order valence-electron chi connectivity index (χ2n) is 3.33. The van der Waals surface area contributed by atoms with E-state index < -0.39 is 5.97 Å². The van der Waals surface area contributed by atoms with Crippen molar-refractivity contribution in [2.45, 2.75) is 6.92 Å². The van der Waals surface area contributed by atoms with Gasteiger partial charge in [-0.1, -0.05) is 6.58 Å². The molecule has 1 rings (SSSR count). The van der Waals surface area contributed by atoms with Gasteiger partial charge in [0, 0.05) is 0 Å². The third kappa shape index (κ3) is 2.16. The van der Waals surface area contributed by atoms with Crippen LogP contribution in [0.4, 0.5) is 0 Å². The summed E-state index contributed by atoms with van der Waals surface area (Å²) in [4.78, 5) is 10.9. The minimum atomic E-state index is -1.10. The lowest BCUT2D eigenvalue weighted by Gasteiger charge is -2.14. The third-order valence-corrected chi connectivity index (χ3v) is 2.21. The highest BCUT2D eigenvalue weighted by Gasteiger charge is 2.18. The fraction of sp³-hybridized carbons (Fsp3) is 0.250. The van der Waals surface area contributed by atoms with Crippen LogP contribution < -0.4 is 9.47 Å². The largest absolute Gasteiger partial charge is 0.496 e. The topological polar surface area (TPSA) is 55.8 Å². The van der Waals surface area contributed by atoms with E-state index >= 15 is 0 Å². The first-order valence-electron chi connectivity index (χ1n) is 4.66. The van der Waals surface area contributed by atoms with Gasteiger partial charge in [0.1, 0.15) is 11.5 Å². The second kappa shape index (κ2) is 4.70. The van der Waals surface area contributed by atoms with Gasteiger partial charge in [-0.2, -0.15) is 0 Å². The fourth-order valence-corrected chi connectivity index (χ4v) is 1.45. The quantitative estimate of drug-likeness (QED) is 0.793. The number of carbonyl (C=O) groups is 1. The highest BCUT2D eigenvalue weighted by atomic mass is 16.5. The normalized spacial score (nSPS) is 9.69. The summed E-state index contributed by atoms with van der Waals surface area (Å²) in [6.07, 6.45) is 0. The molecule has 4 nitrogen and oxygen atoms in total. The first kappa shape index (κ1) is 12.1. The molecule has 86 valence electrons. The fourth-order valence-electron chi connectivity index (χ4n) is 1.45. The average Bonchev–Trinajstić information content (AvgIpc) is 2.26. The van der Waals surface area contributed by atoms with Crippen molar-refractivity contribution < 1.29 is 19.4 Å². The Morgan fingerprint density at radius 1 is 1.25 bits per heavy atom.